The fourth-order valence-corrected chi connectivity index (χ4v) is 2.58. The van der Waals surface area contributed by atoms with E-state index in [1.54, 1.807) is 0 Å². The van der Waals surface area contributed by atoms with Crippen molar-refractivity contribution in [2.75, 3.05) is 39.9 Å². The van der Waals surface area contributed by atoms with Crippen molar-refractivity contribution in [1.82, 2.24) is 10.2 Å². The van der Waals surface area contributed by atoms with Crippen molar-refractivity contribution in [3.05, 3.63) is 0 Å². The van der Waals surface area contributed by atoms with E-state index < -0.39 is 0 Å². The SMILES string of the molecule is CCNC(C)CCCN(C)CC1CCOCC1. The van der Waals surface area contributed by atoms with Gasteiger partial charge >= 0.3 is 0 Å². The summed E-state index contributed by atoms with van der Waals surface area (Å²) in [5, 5.41) is 3.47. The van der Waals surface area contributed by atoms with Crippen LogP contribution in [0.3, 0.4) is 0 Å². The van der Waals surface area contributed by atoms with Crippen LogP contribution < -0.4 is 5.32 Å². The van der Waals surface area contributed by atoms with Crippen LogP contribution in [0.1, 0.15) is 39.5 Å². The lowest BCUT2D eigenvalue weighted by atomic mass is 10.00. The molecule has 1 fully saturated rings. The van der Waals surface area contributed by atoms with Crippen LogP contribution >= 0.6 is 0 Å². The first-order chi connectivity index (χ1) is 8.22. The third-order valence-corrected chi connectivity index (χ3v) is 3.64. The van der Waals surface area contributed by atoms with E-state index in [0.29, 0.717) is 6.04 Å². The summed E-state index contributed by atoms with van der Waals surface area (Å²) < 4.78 is 5.39. The van der Waals surface area contributed by atoms with Crippen LogP contribution in [0, 0.1) is 5.92 Å². The molecule has 3 nitrogen and oxygen atoms in total. The van der Waals surface area contributed by atoms with Crippen molar-refractivity contribution in [2.24, 2.45) is 5.92 Å². The molecule has 1 atom stereocenters. The molecule has 3 heteroatoms. The third kappa shape index (κ3) is 7.02. The molecular formula is C14H30N2O. The molecule has 102 valence electrons. The number of nitrogens with zero attached hydrogens (tertiary/aromatic N) is 1. The fourth-order valence-electron chi connectivity index (χ4n) is 2.58. The second kappa shape index (κ2) is 8.90. The molecule has 0 spiro atoms. The van der Waals surface area contributed by atoms with E-state index in [2.05, 4.69) is 31.1 Å². The number of nitrogens with one attached hydrogen (secondary N) is 1. The number of hydrogen-bond donors (Lipinski definition) is 1. The molecule has 0 saturated carbocycles. The average molecular weight is 242 g/mol. The second-order valence-electron chi connectivity index (χ2n) is 5.42. The number of hydrogen-bond acceptors (Lipinski definition) is 3. The normalized spacial score (nSPS) is 19.8. The van der Waals surface area contributed by atoms with Gasteiger partial charge in [-0.2, -0.15) is 0 Å². The zero-order chi connectivity index (χ0) is 12.5. The van der Waals surface area contributed by atoms with Crippen LogP contribution in [-0.2, 0) is 4.74 Å². The van der Waals surface area contributed by atoms with Crippen molar-refractivity contribution < 1.29 is 4.74 Å². The van der Waals surface area contributed by atoms with Crippen molar-refractivity contribution in [2.45, 2.75) is 45.6 Å². The molecule has 1 unspecified atom stereocenters. The van der Waals surface area contributed by atoms with Gasteiger partial charge in [0, 0.05) is 25.8 Å². The topological polar surface area (TPSA) is 24.5 Å². The Hall–Kier alpha value is -0.120. The molecule has 0 aliphatic carbocycles. The summed E-state index contributed by atoms with van der Waals surface area (Å²) in [5.41, 5.74) is 0. The Labute approximate surface area is 107 Å². The lowest BCUT2D eigenvalue weighted by Gasteiger charge is -2.27. The van der Waals surface area contributed by atoms with Crippen molar-refractivity contribution in [3.8, 4) is 0 Å². The van der Waals surface area contributed by atoms with Crippen molar-refractivity contribution >= 4 is 0 Å². The molecule has 0 aromatic carbocycles. The number of rotatable bonds is 8. The summed E-state index contributed by atoms with van der Waals surface area (Å²) in [4.78, 5) is 2.49. The van der Waals surface area contributed by atoms with E-state index in [1.165, 1.54) is 38.8 Å². The third-order valence-electron chi connectivity index (χ3n) is 3.64. The van der Waals surface area contributed by atoms with E-state index in [9.17, 15) is 0 Å². The Morgan fingerprint density at radius 3 is 2.71 bits per heavy atom. The molecule has 0 aromatic rings. The van der Waals surface area contributed by atoms with Gasteiger partial charge in [0.05, 0.1) is 0 Å². The van der Waals surface area contributed by atoms with Gasteiger partial charge < -0.3 is 15.0 Å². The molecule has 1 N–H and O–H groups in total. The van der Waals surface area contributed by atoms with Gasteiger partial charge in [0.2, 0.25) is 0 Å². The summed E-state index contributed by atoms with van der Waals surface area (Å²) >= 11 is 0. The minimum Gasteiger partial charge on any atom is -0.381 e. The zero-order valence-corrected chi connectivity index (χ0v) is 11.9. The summed E-state index contributed by atoms with van der Waals surface area (Å²) in [6, 6.07) is 0.663. The van der Waals surface area contributed by atoms with Crippen LogP contribution in [0.25, 0.3) is 0 Å². The predicted molar refractivity (Wildman–Crippen MR) is 73.4 cm³/mol. The summed E-state index contributed by atoms with van der Waals surface area (Å²) in [7, 11) is 2.26. The van der Waals surface area contributed by atoms with Crippen molar-refractivity contribution in [1.29, 1.82) is 0 Å². The van der Waals surface area contributed by atoms with E-state index in [0.717, 1.165) is 25.7 Å². The monoisotopic (exact) mass is 242 g/mol. The minimum atomic E-state index is 0.663. The molecule has 0 amide bonds. The average Bonchev–Trinajstić information content (AvgIpc) is 2.30. The minimum absolute atomic E-state index is 0.663. The van der Waals surface area contributed by atoms with E-state index in [4.69, 9.17) is 4.74 Å². The lowest BCUT2D eigenvalue weighted by molar-refractivity contribution is 0.0555. The van der Waals surface area contributed by atoms with Crippen molar-refractivity contribution in [3.63, 3.8) is 0 Å². The lowest BCUT2D eigenvalue weighted by Crippen LogP contribution is -2.31. The maximum Gasteiger partial charge on any atom is 0.0469 e. The molecule has 17 heavy (non-hydrogen) atoms. The highest BCUT2D eigenvalue weighted by molar-refractivity contribution is 4.68. The van der Waals surface area contributed by atoms with Gasteiger partial charge in [-0.3, -0.25) is 0 Å². The molecule has 0 bridgehead atoms. The Balaban J connectivity index is 2.02. The summed E-state index contributed by atoms with van der Waals surface area (Å²) in [6.07, 6.45) is 5.08. The van der Waals surface area contributed by atoms with Crippen LogP contribution in [0.5, 0.6) is 0 Å². The molecule has 0 aromatic heterocycles. The Bertz CT molecular complexity index is 181. The Morgan fingerprint density at radius 1 is 1.35 bits per heavy atom. The molecule has 1 aliphatic heterocycles. The molecule has 1 rings (SSSR count). The van der Waals surface area contributed by atoms with Crippen LogP contribution in [0.2, 0.25) is 0 Å². The number of ether oxygens (including phenoxy) is 1. The first-order valence-electron chi connectivity index (χ1n) is 7.22. The molecule has 1 saturated heterocycles. The quantitative estimate of drug-likeness (QED) is 0.705. The zero-order valence-electron chi connectivity index (χ0n) is 11.9. The van der Waals surface area contributed by atoms with Gasteiger partial charge in [0.25, 0.3) is 0 Å². The van der Waals surface area contributed by atoms with Crippen LogP contribution in [0.4, 0.5) is 0 Å². The smallest absolute Gasteiger partial charge is 0.0469 e. The van der Waals surface area contributed by atoms with E-state index in [1.807, 2.05) is 0 Å². The largest absolute Gasteiger partial charge is 0.381 e. The van der Waals surface area contributed by atoms with Gasteiger partial charge in [0.1, 0.15) is 0 Å². The predicted octanol–water partition coefficient (Wildman–Crippen LogP) is 2.12. The highest BCUT2D eigenvalue weighted by Gasteiger charge is 2.15. The van der Waals surface area contributed by atoms with Crippen LogP contribution in [0.15, 0.2) is 0 Å². The Morgan fingerprint density at radius 2 is 2.06 bits per heavy atom. The standard InChI is InChI=1S/C14H30N2O/c1-4-15-13(2)6-5-9-16(3)12-14-7-10-17-11-8-14/h13-15H,4-12H2,1-3H3. The van der Waals surface area contributed by atoms with Gasteiger partial charge in [-0.25, -0.2) is 0 Å². The first-order valence-corrected chi connectivity index (χ1v) is 7.22. The van der Waals surface area contributed by atoms with E-state index in [-0.39, 0.29) is 0 Å². The van der Waals surface area contributed by atoms with Gasteiger partial charge in [-0.1, -0.05) is 6.92 Å². The summed E-state index contributed by atoms with van der Waals surface area (Å²) in [6.45, 7) is 9.95. The fraction of sp³-hybridized carbons (Fsp3) is 1.00. The molecule has 0 radical (unpaired) electrons. The van der Waals surface area contributed by atoms with E-state index >= 15 is 0 Å². The van der Waals surface area contributed by atoms with Crippen LogP contribution in [-0.4, -0.2) is 50.8 Å². The van der Waals surface area contributed by atoms with Gasteiger partial charge in [-0.05, 0) is 58.7 Å². The molecular weight excluding hydrogens is 212 g/mol. The summed E-state index contributed by atoms with van der Waals surface area (Å²) in [5.74, 6) is 0.861. The maximum absolute atomic E-state index is 5.39. The highest BCUT2D eigenvalue weighted by Crippen LogP contribution is 2.15. The molecule has 1 aliphatic rings. The maximum atomic E-state index is 5.39. The highest BCUT2D eigenvalue weighted by atomic mass is 16.5. The second-order valence-corrected chi connectivity index (χ2v) is 5.42. The molecule has 1 heterocycles. The van der Waals surface area contributed by atoms with Gasteiger partial charge in [-0.15, -0.1) is 0 Å². The van der Waals surface area contributed by atoms with Gasteiger partial charge in [0.15, 0.2) is 0 Å². The Kier molecular flexibility index (Phi) is 7.82. The first kappa shape index (κ1) is 14.9.